The van der Waals surface area contributed by atoms with Crippen LogP contribution in [0.5, 0.6) is 11.5 Å². The molecule has 0 amide bonds. The van der Waals surface area contributed by atoms with Crippen LogP contribution in [0, 0.1) is 19.7 Å². The molecule has 0 N–H and O–H groups in total. The Morgan fingerprint density at radius 3 is 1.60 bits per heavy atom. The second-order valence-corrected chi connectivity index (χ2v) is 21.2. The lowest BCUT2D eigenvalue weighted by Crippen LogP contribution is -2.06. The van der Waals surface area contributed by atoms with Gasteiger partial charge in [-0.2, -0.15) is 0 Å². The maximum absolute atomic E-state index is 16.4. The SMILES string of the molecule is CCCCCCCCOC(=O)c1sc2c(C)sc(-c3cc4cc5c(OCCCCCCCC)c6cc7sc(C)cc7cc6c(OCCCCCCCC)c5cc4s3)c2c1F. The molecule has 0 radical (unpaired) electrons. The van der Waals surface area contributed by atoms with E-state index in [-0.39, 0.29) is 4.88 Å². The quantitative estimate of drug-likeness (QED) is 0.0326. The summed E-state index contributed by atoms with van der Waals surface area (Å²) in [5.41, 5.74) is 0. The lowest BCUT2D eigenvalue weighted by molar-refractivity contribution is 0.0499. The number of halogens is 1. The van der Waals surface area contributed by atoms with E-state index in [1.54, 1.807) is 22.7 Å². The van der Waals surface area contributed by atoms with Gasteiger partial charge in [0, 0.05) is 51.0 Å². The summed E-state index contributed by atoms with van der Waals surface area (Å²) in [6.07, 6.45) is 21.0. The summed E-state index contributed by atoms with van der Waals surface area (Å²) in [4.78, 5) is 17.4. The first-order chi connectivity index (χ1) is 29.3. The summed E-state index contributed by atoms with van der Waals surface area (Å²) in [6.45, 7) is 12.6. The van der Waals surface area contributed by atoms with E-state index in [2.05, 4.69) is 64.1 Å². The maximum atomic E-state index is 16.4. The number of fused-ring (bicyclic) bond motifs is 5. The summed E-state index contributed by atoms with van der Waals surface area (Å²) in [6, 6.07) is 13.7. The van der Waals surface area contributed by atoms with E-state index in [0.29, 0.717) is 25.2 Å². The highest BCUT2D eigenvalue weighted by molar-refractivity contribution is 7.30. The average molecular weight is 887 g/mol. The van der Waals surface area contributed by atoms with E-state index in [0.717, 1.165) is 107 Å². The third kappa shape index (κ3) is 10.3. The molecule has 4 nitrogen and oxygen atoms in total. The van der Waals surface area contributed by atoms with Gasteiger partial charge in [-0.25, -0.2) is 9.18 Å². The van der Waals surface area contributed by atoms with Crippen LogP contribution in [0.15, 0.2) is 36.4 Å². The minimum Gasteiger partial charge on any atom is -0.492 e. The molecule has 0 spiro atoms. The van der Waals surface area contributed by atoms with Crippen molar-refractivity contribution in [2.24, 2.45) is 0 Å². The van der Waals surface area contributed by atoms with Crippen LogP contribution in [-0.4, -0.2) is 25.8 Å². The Morgan fingerprint density at radius 1 is 0.550 bits per heavy atom. The molecule has 0 aliphatic rings. The van der Waals surface area contributed by atoms with E-state index in [4.69, 9.17) is 14.2 Å². The monoisotopic (exact) mass is 886 g/mol. The van der Waals surface area contributed by atoms with E-state index < -0.39 is 11.8 Å². The van der Waals surface area contributed by atoms with Crippen LogP contribution in [0.1, 0.15) is 156 Å². The minimum atomic E-state index is -0.552. The molecular formula is C51H63FO4S4. The maximum Gasteiger partial charge on any atom is 0.351 e. The van der Waals surface area contributed by atoms with Crippen molar-refractivity contribution in [3.63, 3.8) is 0 Å². The highest BCUT2D eigenvalue weighted by Gasteiger charge is 2.27. The van der Waals surface area contributed by atoms with Gasteiger partial charge in [-0.15, -0.1) is 45.3 Å². The largest absolute Gasteiger partial charge is 0.492 e. The summed E-state index contributed by atoms with van der Waals surface area (Å²) < 4.78 is 39.0. The van der Waals surface area contributed by atoms with Crippen LogP contribution in [0.4, 0.5) is 4.39 Å². The first-order valence-corrected chi connectivity index (χ1v) is 26.1. The second kappa shape index (κ2) is 21.7. The molecule has 0 bridgehead atoms. The molecule has 60 heavy (non-hydrogen) atoms. The van der Waals surface area contributed by atoms with Gasteiger partial charge in [0.05, 0.1) is 29.4 Å². The predicted octanol–water partition coefficient (Wildman–Crippen LogP) is 18.1. The number of hydrogen-bond donors (Lipinski definition) is 0. The number of carbonyl (C=O) groups excluding carboxylic acids is 1. The summed E-state index contributed by atoms with van der Waals surface area (Å²) in [5.74, 6) is 0.835. The van der Waals surface area contributed by atoms with E-state index in [1.165, 1.54) is 96.9 Å². The molecule has 322 valence electrons. The Kier molecular flexibility index (Phi) is 16.2. The molecule has 4 heterocycles. The third-order valence-electron chi connectivity index (χ3n) is 11.7. The van der Waals surface area contributed by atoms with Gasteiger partial charge in [0.2, 0.25) is 0 Å². The molecule has 3 aromatic carbocycles. The molecule has 0 unspecified atom stereocenters. The number of thiophene rings is 4. The van der Waals surface area contributed by atoms with Crippen molar-refractivity contribution in [1.82, 2.24) is 0 Å². The molecule has 0 fully saturated rings. The number of carbonyl (C=O) groups is 1. The van der Waals surface area contributed by atoms with E-state index in [1.807, 2.05) is 18.3 Å². The fourth-order valence-electron chi connectivity index (χ4n) is 8.41. The van der Waals surface area contributed by atoms with Crippen molar-refractivity contribution < 1.29 is 23.4 Å². The molecule has 4 aromatic heterocycles. The smallest absolute Gasteiger partial charge is 0.351 e. The number of benzene rings is 3. The molecule has 7 rings (SSSR count). The fraction of sp³-hybridized carbons (Fsp3) is 0.510. The van der Waals surface area contributed by atoms with Crippen molar-refractivity contribution in [3.8, 4) is 21.3 Å². The molecule has 0 atom stereocenters. The van der Waals surface area contributed by atoms with Crippen molar-refractivity contribution in [3.05, 3.63) is 56.8 Å². The van der Waals surface area contributed by atoms with Gasteiger partial charge in [-0.3, -0.25) is 0 Å². The Labute approximate surface area is 372 Å². The summed E-state index contributed by atoms with van der Waals surface area (Å²) >= 11 is 6.34. The van der Waals surface area contributed by atoms with Crippen LogP contribution in [-0.2, 0) is 4.74 Å². The van der Waals surface area contributed by atoms with Crippen molar-refractivity contribution >= 4 is 103 Å². The number of rotatable bonds is 25. The zero-order chi connectivity index (χ0) is 42.0. The minimum absolute atomic E-state index is 0.0797. The lowest BCUT2D eigenvalue weighted by Gasteiger charge is -2.19. The van der Waals surface area contributed by atoms with Gasteiger partial charge in [-0.1, -0.05) is 117 Å². The molecule has 0 saturated heterocycles. The van der Waals surface area contributed by atoms with E-state index in [9.17, 15) is 4.79 Å². The average Bonchev–Trinajstić information content (AvgIpc) is 4.00. The third-order valence-corrected chi connectivity index (χ3v) is 16.5. The van der Waals surface area contributed by atoms with Gasteiger partial charge in [-0.05, 0) is 80.3 Å². The van der Waals surface area contributed by atoms with E-state index >= 15 is 4.39 Å². The van der Waals surface area contributed by atoms with Crippen molar-refractivity contribution in [2.45, 2.75) is 150 Å². The zero-order valence-corrected chi connectivity index (χ0v) is 39.7. The topological polar surface area (TPSA) is 44.8 Å². The number of unbranched alkanes of at least 4 members (excludes halogenated alkanes) is 15. The van der Waals surface area contributed by atoms with Gasteiger partial charge >= 0.3 is 5.97 Å². The van der Waals surface area contributed by atoms with Crippen LogP contribution in [0.3, 0.4) is 0 Å². The number of hydrogen-bond acceptors (Lipinski definition) is 8. The summed E-state index contributed by atoms with van der Waals surface area (Å²) in [7, 11) is 0. The van der Waals surface area contributed by atoms with Gasteiger partial charge in [0.25, 0.3) is 0 Å². The molecule has 9 heteroatoms. The lowest BCUT2D eigenvalue weighted by atomic mass is 9.98. The van der Waals surface area contributed by atoms with Gasteiger partial charge in [0.15, 0.2) is 5.82 Å². The van der Waals surface area contributed by atoms with Crippen LogP contribution in [0.25, 0.3) is 61.6 Å². The first kappa shape index (κ1) is 44.8. The highest BCUT2D eigenvalue weighted by atomic mass is 32.1. The van der Waals surface area contributed by atoms with Crippen LogP contribution in [0.2, 0.25) is 0 Å². The Bertz CT molecular complexity index is 2410. The first-order valence-electron chi connectivity index (χ1n) is 22.8. The number of ether oxygens (including phenoxy) is 3. The van der Waals surface area contributed by atoms with Crippen molar-refractivity contribution in [1.29, 1.82) is 0 Å². The summed E-state index contributed by atoms with van der Waals surface area (Å²) in [5, 5.41) is 7.17. The highest BCUT2D eigenvalue weighted by Crippen LogP contribution is 2.51. The standard InChI is InChI=1S/C51H63FO4S4/c1-6-9-12-15-18-21-24-54-46-37-28-35-27-33(4)57-41(35)31-39(37)47(55-25-22-19-16-13-10-7-2)38-29-36-30-43(59-42(36)32-40(38)46)49-44-45(52)50(60-48(44)34(5)58-49)51(53)56-26-23-20-17-14-11-8-3/h27-32H,6-26H2,1-5H3. The molecule has 0 saturated carbocycles. The Balaban J connectivity index is 1.26. The van der Waals surface area contributed by atoms with Gasteiger partial charge in [0.1, 0.15) is 16.4 Å². The Hall–Kier alpha value is -3.24. The molecule has 7 aromatic rings. The Morgan fingerprint density at radius 2 is 1.03 bits per heavy atom. The number of esters is 1. The number of aryl methyl sites for hydroxylation is 2. The second-order valence-electron chi connectivity index (χ2n) is 16.6. The van der Waals surface area contributed by atoms with Crippen molar-refractivity contribution in [2.75, 3.05) is 19.8 Å². The molecule has 0 aliphatic heterocycles. The molecule has 0 aliphatic carbocycles. The molecular weight excluding hydrogens is 824 g/mol. The van der Waals surface area contributed by atoms with Crippen LogP contribution >= 0.6 is 45.3 Å². The predicted molar refractivity (Wildman–Crippen MR) is 262 cm³/mol. The van der Waals surface area contributed by atoms with Gasteiger partial charge < -0.3 is 14.2 Å². The zero-order valence-electron chi connectivity index (χ0n) is 36.5. The normalized spacial score (nSPS) is 12.0. The van der Waals surface area contributed by atoms with Crippen LogP contribution < -0.4 is 9.47 Å². The fourth-order valence-corrected chi connectivity index (χ4v) is 12.9.